The lowest BCUT2D eigenvalue weighted by molar-refractivity contribution is -0.137. The van der Waals surface area contributed by atoms with Crippen LogP contribution in [0.4, 0.5) is 0 Å². The topological polar surface area (TPSA) is 83.5 Å². The van der Waals surface area contributed by atoms with Gasteiger partial charge in [-0.25, -0.2) is 13.1 Å². The molecule has 0 amide bonds. The summed E-state index contributed by atoms with van der Waals surface area (Å²) in [6.45, 7) is 0. The Balaban J connectivity index is 1.77. The van der Waals surface area contributed by atoms with Gasteiger partial charge in [0.25, 0.3) is 0 Å². The van der Waals surface area contributed by atoms with Crippen LogP contribution < -0.4 is 4.72 Å². The third-order valence-corrected chi connectivity index (χ3v) is 5.37. The van der Waals surface area contributed by atoms with E-state index in [0.717, 1.165) is 31.2 Å². The Morgan fingerprint density at radius 2 is 2.00 bits per heavy atom. The summed E-state index contributed by atoms with van der Waals surface area (Å²) < 4.78 is 27.1. The standard InChI is InChI=1S/C19H25NO4S/c21-19(22)10-6-2-5-9-17-11-12-18(15-17)20-25(23,24)14-13-16-7-3-1-4-8-16/h1,3-5,7-9,13-14,17-18,20H,2,6,10-12,15H2,(H,21,22)/b9-5-,14-13?/t17-,18-/m0/s1. The van der Waals surface area contributed by atoms with E-state index in [-0.39, 0.29) is 12.5 Å². The van der Waals surface area contributed by atoms with Crippen molar-refractivity contribution in [3.63, 3.8) is 0 Å². The minimum absolute atomic E-state index is 0.0425. The molecule has 0 unspecified atom stereocenters. The average molecular weight is 363 g/mol. The van der Waals surface area contributed by atoms with Gasteiger partial charge in [0.05, 0.1) is 0 Å². The highest BCUT2D eigenvalue weighted by Gasteiger charge is 2.25. The van der Waals surface area contributed by atoms with Crippen molar-refractivity contribution in [3.8, 4) is 0 Å². The highest BCUT2D eigenvalue weighted by molar-refractivity contribution is 7.92. The van der Waals surface area contributed by atoms with Gasteiger partial charge in [0.1, 0.15) is 0 Å². The Hall–Kier alpha value is -1.92. The van der Waals surface area contributed by atoms with Crippen molar-refractivity contribution in [2.24, 2.45) is 5.92 Å². The molecule has 25 heavy (non-hydrogen) atoms. The third kappa shape index (κ3) is 7.67. The minimum atomic E-state index is -3.45. The molecule has 1 aliphatic rings. The lowest BCUT2D eigenvalue weighted by Gasteiger charge is -2.10. The second-order valence-electron chi connectivity index (χ2n) is 6.36. The molecule has 5 nitrogen and oxygen atoms in total. The zero-order chi connectivity index (χ0) is 18.1. The molecule has 0 heterocycles. The van der Waals surface area contributed by atoms with Crippen LogP contribution in [0.1, 0.15) is 44.1 Å². The van der Waals surface area contributed by atoms with Crippen molar-refractivity contribution in [2.75, 3.05) is 0 Å². The predicted octanol–water partition coefficient (Wildman–Crippen LogP) is 3.56. The number of aliphatic carboxylic acids is 1. The SMILES string of the molecule is O=C(O)CCC/C=C\[C@H]1CC[C@H](NS(=O)(=O)C=Cc2ccccc2)C1. The number of rotatable bonds is 9. The van der Waals surface area contributed by atoms with Crippen molar-refractivity contribution in [1.29, 1.82) is 0 Å². The fraction of sp³-hybridized carbons (Fsp3) is 0.421. The summed E-state index contributed by atoms with van der Waals surface area (Å²) >= 11 is 0. The Morgan fingerprint density at radius 3 is 2.72 bits per heavy atom. The van der Waals surface area contributed by atoms with Crippen LogP contribution >= 0.6 is 0 Å². The van der Waals surface area contributed by atoms with E-state index in [0.29, 0.717) is 12.3 Å². The van der Waals surface area contributed by atoms with E-state index in [1.165, 1.54) is 5.41 Å². The molecule has 2 atom stereocenters. The van der Waals surface area contributed by atoms with Crippen LogP contribution in [0.2, 0.25) is 0 Å². The van der Waals surface area contributed by atoms with Crippen LogP contribution in [-0.2, 0) is 14.8 Å². The highest BCUT2D eigenvalue weighted by atomic mass is 32.2. The van der Waals surface area contributed by atoms with Crippen molar-refractivity contribution < 1.29 is 18.3 Å². The molecule has 136 valence electrons. The van der Waals surface area contributed by atoms with Crippen molar-refractivity contribution in [2.45, 2.75) is 44.6 Å². The van der Waals surface area contributed by atoms with Crippen LogP contribution in [0.25, 0.3) is 6.08 Å². The summed E-state index contributed by atoms with van der Waals surface area (Å²) in [6.07, 6.45) is 9.83. The molecule has 0 spiro atoms. The number of benzene rings is 1. The number of hydrogen-bond acceptors (Lipinski definition) is 3. The summed E-state index contributed by atoms with van der Waals surface area (Å²) in [5.74, 6) is -0.414. The van der Waals surface area contributed by atoms with E-state index in [2.05, 4.69) is 10.8 Å². The van der Waals surface area contributed by atoms with Crippen LogP contribution in [0.3, 0.4) is 0 Å². The monoisotopic (exact) mass is 363 g/mol. The summed E-state index contributed by atoms with van der Waals surface area (Å²) in [4.78, 5) is 10.4. The first-order valence-electron chi connectivity index (χ1n) is 8.58. The smallest absolute Gasteiger partial charge is 0.303 e. The predicted molar refractivity (Wildman–Crippen MR) is 99.3 cm³/mol. The molecule has 1 aromatic rings. The average Bonchev–Trinajstić information content (AvgIpc) is 3.00. The molecule has 1 fully saturated rings. The number of allylic oxidation sites excluding steroid dienone is 2. The molecule has 2 rings (SSSR count). The first-order chi connectivity index (χ1) is 11.9. The van der Waals surface area contributed by atoms with Crippen LogP contribution in [-0.4, -0.2) is 25.5 Å². The molecule has 0 aliphatic heterocycles. The summed E-state index contributed by atoms with van der Waals surface area (Å²) in [6, 6.07) is 9.28. The van der Waals surface area contributed by atoms with E-state index < -0.39 is 16.0 Å². The van der Waals surface area contributed by atoms with Gasteiger partial charge < -0.3 is 5.11 Å². The maximum absolute atomic E-state index is 12.2. The van der Waals surface area contributed by atoms with Gasteiger partial charge in [0.2, 0.25) is 10.0 Å². The molecular weight excluding hydrogens is 338 g/mol. The molecule has 1 aliphatic carbocycles. The van der Waals surface area contributed by atoms with E-state index in [1.807, 2.05) is 36.4 Å². The van der Waals surface area contributed by atoms with E-state index in [9.17, 15) is 13.2 Å². The molecule has 0 saturated heterocycles. The van der Waals surface area contributed by atoms with Gasteiger partial charge in [-0.1, -0.05) is 42.5 Å². The Morgan fingerprint density at radius 1 is 1.24 bits per heavy atom. The Kier molecular flexibility index (Phi) is 7.40. The number of hydrogen-bond donors (Lipinski definition) is 2. The van der Waals surface area contributed by atoms with Gasteiger partial charge in [-0.05, 0) is 49.7 Å². The zero-order valence-electron chi connectivity index (χ0n) is 14.2. The van der Waals surface area contributed by atoms with Gasteiger partial charge in [-0.15, -0.1) is 0 Å². The van der Waals surface area contributed by atoms with Crippen molar-refractivity contribution in [1.82, 2.24) is 4.72 Å². The second-order valence-corrected chi connectivity index (χ2v) is 7.96. The normalized spacial score (nSPS) is 21.3. The number of carboxylic acids is 1. The number of nitrogens with one attached hydrogen (secondary N) is 1. The van der Waals surface area contributed by atoms with E-state index >= 15 is 0 Å². The largest absolute Gasteiger partial charge is 0.481 e. The van der Waals surface area contributed by atoms with Crippen molar-refractivity contribution >= 4 is 22.1 Å². The third-order valence-electron chi connectivity index (χ3n) is 4.21. The molecular formula is C19H25NO4S. The number of sulfonamides is 1. The van der Waals surface area contributed by atoms with Crippen LogP contribution in [0.5, 0.6) is 0 Å². The van der Waals surface area contributed by atoms with Gasteiger partial charge in [-0.3, -0.25) is 4.79 Å². The Bertz CT molecular complexity index is 710. The highest BCUT2D eigenvalue weighted by Crippen LogP contribution is 2.27. The minimum Gasteiger partial charge on any atom is -0.481 e. The number of carbonyl (C=O) groups is 1. The summed E-state index contributed by atoms with van der Waals surface area (Å²) in [7, 11) is -3.45. The number of unbranched alkanes of at least 4 members (excludes halogenated alkanes) is 1. The lowest BCUT2D eigenvalue weighted by atomic mass is 10.1. The van der Waals surface area contributed by atoms with E-state index in [4.69, 9.17) is 5.11 Å². The maximum Gasteiger partial charge on any atom is 0.303 e. The molecule has 1 aromatic carbocycles. The molecule has 6 heteroatoms. The van der Waals surface area contributed by atoms with Gasteiger partial charge >= 0.3 is 5.97 Å². The summed E-state index contributed by atoms with van der Waals surface area (Å²) in [5.41, 5.74) is 0.849. The van der Waals surface area contributed by atoms with Gasteiger partial charge in [0, 0.05) is 17.9 Å². The zero-order valence-corrected chi connectivity index (χ0v) is 15.0. The second kappa shape index (κ2) is 9.53. The van der Waals surface area contributed by atoms with Crippen LogP contribution in [0, 0.1) is 5.92 Å². The maximum atomic E-state index is 12.2. The molecule has 1 saturated carbocycles. The molecule has 2 N–H and O–H groups in total. The van der Waals surface area contributed by atoms with Gasteiger partial charge in [0.15, 0.2) is 0 Å². The van der Waals surface area contributed by atoms with Crippen molar-refractivity contribution in [3.05, 3.63) is 53.5 Å². The first-order valence-corrected chi connectivity index (χ1v) is 10.1. The molecule has 0 bridgehead atoms. The Labute approximate surface area is 149 Å². The molecule has 0 radical (unpaired) electrons. The van der Waals surface area contributed by atoms with Gasteiger partial charge in [-0.2, -0.15) is 0 Å². The van der Waals surface area contributed by atoms with E-state index in [1.54, 1.807) is 6.08 Å². The fourth-order valence-electron chi connectivity index (χ4n) is 2.96. The van der Waals surface area contributed by atoms with Crippen LogP contribution in [0.15, 0.2) is 47.9 Å². The number of carboxylic acid groups (broad SMARTS) is 1. The fourth-order valence-corrected chi connectivity index (χ4v) is 4.06. The first kappa shape index (κ1) is 19.4. The lowest BCUT2D eigenvalue weighted by Crippen LogP contribution is -2.31. The summed E-state index contributed by atoms with van der Waals surface area (Å²) in [5, 5.41) is 9.81. The quantitative estimate of drug-likeness (QED) is 0.519. The molecule has 0 aromatic heterocycles.